The van der Waals surface area contributed by atoms with Crippen molar-refractivity contribution in [3.8, 4) is 17.2 Å². The van der Waals surface area contributed by atoms with Gasteiger partial charge in [-0.15, -0.1) is 0 Å². The molecule has 0 saturated carbocycles. The Hall–Kier alpha value is -3.27. The maximum atomic E-state index is 13.9. The SMILES string of the molecule is COc1ccc(S(=O)(=O)N2C(=O)C(O)(c3ccccc3OC)c3cc(Cl)c(C)cc32)c(OC)c1. The molecule has 0 bridgehead atoms. The van der Waals surface area contributed by atoms with Crippen molar-refractivity contribution in [3.63, 3.8) is 0 Å². The number of hydrogen-bond donors (Lipinski definition) is 1. The fraction of sp³-hybridized carbons (Fsp3) is 0.208. The molecule has 1 amide bonds. The lowest BCUT2D eigenvalue weighted by Crippen LogP contribution is -2.44. The quantitative estimate of drug-likeness (QED) is 0.547. The van der Waals surface area contributed by atoms with E-state index in [1.807, 2.05) is 0 Å². The lowest BCUT2D eigenvalue weighted by molar-refractivity contribution is -0.131. The van der Waals surface area contributed by atoms with Crippen molar-refractivity contribution in [2.24, 2.45) is 0 Å². The minimum Gasteiger partial charge on any atom is -0.497 e. The van der Waals surface area contributed by atoms with E-state index >= 15 is 0 Å². The predicted octanol–water partition coefficient (Wildman–Crippen LogP) is 3.65. The van der Waals surface area contributed by atoms with Crippen LogP contribution in [0.5, 0.6) is 17.2 Å². The molecular formula is C24H22ClNO7S. The van der Waals surface area contributed by atoms with Crippen LogP contribution in [0, 0.1) is 6.92 Å². The van der Waals surface area contributed by atoms with Crippen molar-refractivity contribution in [3.05, 3.63) is 76.3 Å². The molecule has 1 heterocycles. The van der Waals surface area contributed by atoms with E-state index < -0.39 is 21.5 Å². The van der Waals surface area contributed by atoms with Crippen LogP contribution in [0.1, 0.15) is 16.7 Å². The summed E-state index contributed by atoms with van der Waals surface area (Å²) in [7, 11) is -0.406. The van der Waals surface area contributed by atoms with Crippen molar-refractivity contribution in [2.45, 2.75) is 17.4 Å². The number of carbonyl (C=O) groups excluding carboxylic acids is 1. The number of aliphatic hydroxyl groups is 1. The number of sulfonamides is 1. The minimum absolute atomic E-state index is 0.0156. The van der Waals surface area contributed by atoms with E-state index in [2.05, 4.69) is 0 Å². The zero-order chi connectivity index (χ0) is 24.8. The molecule has 0 aromatic heterocycles. The van der Waals surface area contributed by atoms with Crippen LogP contribution in [-0.4, -0.2) is 40.8 Å². The first kappa shape index (κ1) is 23.9. The van der Waals surface area contributed by atoms with Gasteiger partial charge in [0.1, 0.15) is 22.1 Å². The summed E-state index contributed by atoms with van der Waals surface area (Å²) in [5, 5.41) is 12.1. The highest BCUT2D eigenvalue weighted by molar-refractivity contribution is 7.93. The summed E-state index contributed by atoms with van der Waals surface area (Å²) in [6.07, 6.45) is 0. The average Bonchev–Trinajstić information content (AvgIpc) is 3.06. The standard InChI is InChI=1S/C24H22ClNO7S/c1-14-11-19-17(13-18(14)25)24(28,16-7-5-6-8-20(16)32-3)23(27)26(19)34(29,30)22-10-9-15(31-2)12-21(22)33-4/h5-13,28H,1-4H3. The number of anilines is 1. The second kappa shape index (κ2) is 8.50. The van der Waals surface area contributed by atoms with Gasteiger partial charge in [0.2, 0.25) is 5.60 Å². The van der Waals surface area contributed by atoms with E-state index in [1.54, 1.807) is 25.1 Å². The van der Waals surface area contributed by atoms with Gasteiger partial charge in [-0.3, -0.25) is 4.79 Å². The van der Waals surface area contributed by atoms with Crippen molar-refractivity contribution < 1.29 is 32.5 Å². The lowest BCUT2D eigenvalue weighted by Gasteiger charge is -2.25. The van der Waals surface area contributed by atoms with Gasteiger partial charge >= 0.3 is 0 Å². The van der Waals surface area contributed by atoms with E-state index in [4.69, 9.17) is 25.8 Å². The lowest BCUT2D eigenvalue weighted by atomic mass is 9.86. The van der Waals surface area contributed by atoms with Gasteiger partial charge in [-0.25, -0.2) is 8.42 Å². The third kappa shape index (κ3) is 3.39. The van der Waals surface area contributed by atoms with Crippen molar-refractivity contribution in [2.75, 3.05) is 25.6 Å². The molecule has 0 fully saturated rings. The van der Waals surface area contributed by atoms with Crippen LogP contribution < -0.4 is 18.5 Å². The molecule has 0 saturated heterocycles. The number of carbonyl (C=O) groups is 1. The van der Waals surface area contributed by atoms with Crippen LogP contribution in [0.2, 0.25) is 5.02 Å². The third-order valence-corrected chi connectivity index (χ3v) is 7.91. The second-order valence-corrected chi connectivity index (χ2v) is 9.78. The highest BCUT2D eigenvalue weighted by Crippen LogP contribution is 2.50. The smallest absolute Gasteiger partial charge is 0.282 e. The van der Waals surface area contributed by atoms with Crippen LogP contribution in [0.3, 0.4) is 0 Å². The van der Waals surface area contributed by atoms with Crippen LogP contribution >= 0.6 is 11.6 Å². The number of fused-ring (bicyclic) bond motifs is 1. The van der Waals surface area contributed by atoms with Crippen molar-refractivity contribution in [1.29, 1.82) is 0 Å². The summed E-state index contributed by atoms with van der Waals surface area (Å²) < 4.78 is 44.1. The number of methoxy groups -OCH3 is 3. The Morgan fingerprint density at radius 1 is 0.912 bits per heavy atom. The van der Waals surface area contributed by atoms with E-state index in [0.717, 1.165) is 0 Å². The summed E-state index contributed by atoms with van der Waals surface area (Å²) in [6.45, 7) is 1.67. The Kier molecular flexibility index (Phi) is 5.97. The molecular weight excluding hydrogens is 482 g/mol. The Morgan fingerprint density at radius 2 is 1.59 bits per heavy atom. The fourth-order valence-electron chi connectivity index (χ4n) is 4.02. The minimum atomic E-state index is -4.54. The summed E-state index contributed by atoms with van der Waals surface area (Å²) >= 11 is 6.33. The zero-order valence-electron chi connectivity index (χ0n) is 18.8. The number of rotatable bonds is 6. The van der Waals surface area contributed by atoms with Gasteiger partial charge in [-0.05, 0) is 42.8 Å². The Morgan fingerprint density at radius 3 is 2.24 bits per heavy atom. The number of aryl methyl sites for hydroxylation is 1. The molecule has 1 atom stereocenters. The van der Waals surface area contributed by atoms with Gasteiger partial charge in [-0.2, -0.15) is 4.31 Å². The molecule has 178 valence electrons. The summed E-state index contributed by atoms with van der Waals surface area (Å²) in [5.74, 6) is -0.530. The number of para-hydroxylation sites is 1. The fourth-order valence-corrected chi connectivity index (χ4v) is 5.78. The molecule has 1 unspecified atom stereocenters. The first-order valence-corrected chi connectivity index (χ1v) is 11.9. The number of amides is 1. The van der Waals surface area contributed by atoms with Crippen LogP contribution in [0.15, 0.2) is 59.5 Å². The van der Waals surface area contributed by atoms with Crippen LogP contribution in [0.4, 0.5) is 5.69 Å². The summed E-state index contributed by atoms with van der Waals surface area (Å²) in [6, 6.07) is 13.3. The monoisotopic (exact) mass is 503 g/mol. The molecule has 0 spiro atoms. The van der Waals surface area contributed by atoms with E-state index in [0.29, 0.717) is 15.6 Å². The predicted molar refractivity (Wildman–Crippen MR) is 126 cm³/mol. The Balaban J connectivity index is 2.01. The first-order valence-electron chi connectivity index (χ1n) is 10.1. The highest BCUT2D eigenvalue weighted by atomic mass is 35.5. The van der Waals surface area contributed by atoms with Gasteiger partial charge in [0, 0.05) is 22.2 Å². The van der Waals surface area contributed by atoms with Gasteiger partial charge in [0.25, 0.3) is 15.9 Å². The van der Waals surface area contributed by atoms with Gasteiger partial charge in [0.05, 0.1) is 27.0 Å². The number of ether oxygens (including phenoxy) is 3. The second-order valence-electron chi connectivity index (χ2n) is 7.62. The van der Waals surface area contributed by atoms with E-state index in [-0.39, 0.29) is 38.2 Å². The number of halogens is 1. The molecule has 10 heteroatoms. The summed E-state index contributed by atoms with van der Waals surface area (Å²) in [4.78, 5) is 13.6. The molecule has 3 aromatic carbocycles. The van der Waals surface area contributed by atoms with Gasteiger partial charge in [0.15, 0.2) is 0 Å². The Labute approximate surface area is 202 Å². The maximum absolute atomic E-state index is 13.9. The molecule has 1 aliphatic rings. The van der Waals surface area contributed by atoms with E-state index in [9.17, 15) is 18.3 Å². The Bertz CT molecular complexity index is 1410. The number of nitrogens with zero attached hydrogens (tertiary/aromatic N) is 1. The topological polar surface area (TPSA) is 102 Å². The largest absolute Gasteiger partial charge is 0.497 e. The third-order valence-electron chi connectivity index (χ3n) is 5.77. The maximum Gasteiger partial charge on any atom is 0.282 e. The highest BCUT2D eigenvalue weighted by Gasteiger charge is 2.57. The molecule has 4 rings (SSSR count). The normalized spacial score (nSPS) is 17.5. The molecule has 0 radical (unpaired) electrons. The molecule has 0 aliphatic carbocycles. The molecule has 1 N–H and O–H groups in total. The summed E-state index contributed by atoms with van der Waals surface area (Å²) in [5.41, 5.74) is -1.75. The molecule has 3 aromatic rings. The van der Waals surface area contributed by atoms with Crippen LogP contribution in [-0.2, 0) is 20.4 Å². The van der Waals surface area contributed by atoms with Crippen LogP contribution in [0.25, 0.3) is 0 Å². The molecule has 1 aliphatic heterocycles. The zero-order valence-corrected chi connectivity index (χ0v) is 20.4. The average molecular weight is 504 g/mol. The first-order chi connectivity index (χ1) is 16.1. The molecule has 8 nitrogen and oxygen atoms in total. The van der Waals surface area contributed by atoms with Gasteiger partial charge in [-0.1, -0.05) is 29.8 Å². The molecule has 34 heavy (non-hydrogen) atoms. The number of benzene rings is 3. The van der Waals surface area contributed by atoms with Gasteiger partial charge < -0.3 is 19.3 Å². The van der Waals surface area contributed by atoms with Crippen molar-refractivity contribution >= 4 is 33.2 Å². The number of hydrogen-bond acceptors (Lipinski definition) is 7. The van der Waals surface area contributed by atoms with E-state index in [1.165, 1.54) is 57.7 Å². The van der Waals surface area contributed by atoms with Crippen molar-refractivity contribution in [1.82, 2.24) is 0 Å².